The van der Waals surface area contributed by atoms with Crippen molar-refractivity contribution in [3.8, 4) is 0 Å². The third-order valence-corrected chi connectivity index (χ3v) is 4.76. The number of benzene rings is 2. The minimum atomic E-state index is -0.436. The van der Waals surface area contributed by atoms with Gasteiger partial charge in [-0.15, -0.1) is 0 Å². The molecule has 1 aliphatic rings. The molecule has 2 aromatic carbocycles. The molecule has 26 heavy (non-hydrogen) atoms. The second kappa shape index (κ2) is 7.07. The van der Waals surface area contributed by atoms with Crippen molar-refractivity contribution in [2.24, 2.45) is 0 Å². The van der Waals surface area contributed by atoms with Gasteiger partial charge in [0.15, 0.2) is 5.58 Å². The fourth-order valence-electron chi connectivity index (χ4n) is 3.39. The average Bonchev–Trinajstić information content (AvgIpc) is 3.28. The van der Waals surface area contributed by atoms with Crippen LogP contribution in [0.1, 0.15) is 19.3 Å². The highest BCUT2D eigenvalue weighted by Crippen LogP contribution is 2.22. The summed E-state index contributed by atoms with van der Waals surface area (Å²) in [5, 5.41) is 2.89. The van der Waals surface area contributed by atoms with Crippen molar-refractivity contribution in [3.63, 3.8) is 0 Å². The summed E-state index contributed by atoms with van der Waals surface area (Å²) in [6.07, 6.45) is 2.68. The lowest BCUT2D eigenvalue weighted by Gasteiger charge is -2.17. The number of aryl methyl sites for hydroxylation is 1. The summed E-state index contributed by atoms with van der Waals surface area (Å²) in [6, 6.07) is 15.1. The molecule has 4 rings (SSSR count). The van der Waals surface area contributed by atoms with Crippen LogP contribution in [-0.2, 0) is 11.3 Å². The molecule has 0 atom stereocenters. The van der Waals surface area contributed by atoms with E-state index in [9.17, 15) is 9.59 Å². The van der Waals surface area contributed by atoms with Crippen LogP contribution in [0.4, 0.5) is 11.4 Å². The Bertz CT molecular complexity index is 966. The number of nitrogens with one attached hydrogen (secondary N) is 1. The van der Waals surface area contributed by atoms with Crippen LogP contribution in [-0.4, -0.2) is 23.6 Å². The molecule has 1 fully saturated rings. The monoisotopic (exact) mass is 351 g/mol. The number of oxazole rings is 1. The molecule has 134 valence electrons. The van der Waals surface area contributed by atoms with Gasteiger partial charge in [-0.3, -0.25) is 9.36 Å². The zero-order chi connectivity index (χ0) is 17.9. The van der Waals surface area contributed by atoms with E-state index >= 15 is 0 Å². The number of anilines is 2. The zero-order valence-corrected chi connectivity index (χ0v) is 14.5. The Balaban J connectivity index is 1.38. The van der Waals surface area contributed by atoms with Gasteiger partial charge in [-0.05, 0) is 49.2 Å². The third kappa shape index (κ3) is 3.35. The molecule has 0 bridgehead atoms. The van der Waals surface area contributed by atoms with Crippen molar-refractivity contribution >= 4 is 28.4 Å². The zero-order valence-electron chi connectivity index (χ0n) is 14.5. The molecular weight excluding hydrogens is 330 g/mol. The number of amides is 1. The van der Waals surface area contributed by atoms with E-state index in [1.54, 1.807) is 6.07 Å². The van der Waals surface area contributed by atoms with E-state index < -0.39 is 5.76 Å². The summed E-state index contributed by atoms with van der Waals surface area (Å²) < 4.78 is 6.67. The summed E-state index contributed by atoms with van der Waals surface area (Å²) in [6.45, 7) is 2.48. The second-order valence-corrected chi connectivity index (χ2v) is 6.53. The Hall–Kier alpha value is -3.02. The van der Waals surface area contributed by atoms with Gasteiger partial charge in [-0.25, -0.2) is 4.79 Å². The molecule has 1 aromatic heterocycles. The SMILES string of the molecule is O=C(CCn1c(=O)oc2ccccc21)Nc1ccc(N2CCCC2)cc1. The lowest BCUT2D eigenvalue weighted by atomic mass is 10.2. The van der Waals surface area contributed by atoms with Crippen LogP contribution in [0.25, 0.3) is 11.1 Å². The van der Waals surface area contributed by atoms with Crippen molar-refractivity contribution in [2.45, 2.75) is 25.8 Å². The maximum atomic E-state index is 12.2. The molecule has 0 aliphatic carbocycles. The van der Waals surface area contributed by atoms with E-state index in [4.69, 9.17) is 4.42 Å². The van der Waals surface area contributed by atoms with Gasteiger partial charge in [0.25, 0.3) is 0 Å². The maximum absolute atomic E-state index is 12.2. The summed E-state index contributed by atoms with van der Waals surface area (Å²) >= 11 is 0. The fraction of sp³-hybridized carbons (Fsp3) is 0.300. The van der Waals surface area contributed by atoms with Crippen LogP contribution in [0.5, 0.6) is 0 Å². The summed E-state index contributed by atoms with van der Waals surface area (Å²) in [7, 11) is 0. The van der Waals surface area contributed by atoms with Gasteiger partial charge in [-0.2, -0.15) is 0 Å². The number of hydrogen-bond donors (Lipinski definition) is 1. The molecule has 2 heterocycles. The number of carbonyl (C=O) groups excluding carboxylic acids is 1. The number of rotatable bonds is 5. The number of carbonyl (C=O) groups is 1. The van der Waals surface area contributed by atoms with Crippen LogP contribution >= 0.6 is 0 Å². The van der Waals surface area contributed by atoms with E-state index in [-0.39, 0.29) is 18.9 Å². The Kier molecular flexibility index (Phi) is 4.48. The van der Waals surface area contributed by atoms with Crippen LogP contribution in [0.2, 0.25) is 0 Å². The predicted molar refractivity (Wildman–Crippen MR) is 102 cm³/mol. The lowest BCUT2D eigenvalue weighted by Crippen LogP contribution is -2.20. The van der Waals surface area contributed by atoms with Crippen molar-refractivity contribution in [1.29, 1.82) is 0 Å². The van der Waals surface area contributed by atoms with Gasteiger partial charge in [0, 0.05) is 37.4 Å². The molecule has 0 radical (unpaired) electrons. The largest absolute Gasteiger partial charge is 0.419 e. The average molecular weight is 351 g/mol. The molecular formula is C20H21N3O3. The molecule has 6 heteroatoms. The molecule has 6 nitrogen and oxygen atoms in total. The smallest absolute Gasteiger partial charge is 0.408 e. The first-order valence-electron chi connectivity index (χ1n) is 8.94. The first kappa shape index (κ1) is 16.4. The van der Waals surface area contributed by atoms with Gasteiger partial charge >= 0.3 is 5.76 Å². The van der Waals surface area contributed by atoms with E-state index in [1.165, 1.54) is 23.1 Å². The molecule has 1 aliphatic heterocycles. The molecule has 1 saturated heterocycles. The first-order valence-corrected chi connectivity index (χ1v) is 8.94. The van der Waals surface area contributed by atoms with Crippen LogP contribution < -0.4 is 16.0 Å². The van der Waals surface area contributed by atoms with Crippen molar-refractivity contribution < 1.29 is 9.21 Å². The Morgan fingerprint density at radius 3 is 2.54 bits per heavy atom. The Labute approximate surface area is 151 Å². The minimum absolute atomic E-state index is 0.129. The third-order valence-electron chi connectivity index (χ3n) is 4.76. The Morgan fingerprint density at radius 2 is 1.77 bits per heavy atom. The van der Waals surface area contributed by atoms with Gasteiger partial charge < -0.3 is 14.6 Å². The molecule has 1 N–H and O–H groups in total. The second-order valence-electron chi connectivity index (χ2n) is 6.53. The number of nitrogens with zero attached hydrogens (tertiary/aromatic N) is 2. The highest BCUT2D eigenvalue weighted by molar-refractivity contribution is 5.91. The molecule has 1 amide bonds. The van der Waals surface area contributed by atoms with Gasteiger partial charge in [0.1, 0.15) is 0 Å². The van der Waals surface area contributed by atoms with Gasteiger partial charge in [-0.1, -0.05) is 12.1 Å². The summed E-state index contributed by atoms with van der Waals surface area (Å²) in [5.74, 6) is -0.565. The first-order chi connectivity index (χ1) is 12.7. The number of hydrogen-bond acceptors (Lipinski definition) is 4. The standard InChI is InChI=1S/C20H21N3O3/c24-19(11-14-23-17-5-1-2-6-18(17)26-20(23)25)21-15-7-9-16(10-8-15)22-12-3-4-13-22/h1-2,5-10H,3-4,11-14H2,(H,21,24). The summed E-state index contributed by atoms with van der Waals surface area (Å²) in [5.41, 5.74) is 3.20. The normalized spacial score (nSPS) is 14.1. The maximum Gasteiger partial charge on any atom is 0.419 e. The number of aromatic nitrogens is 1. The molecule has 0 unspecified atom stereocenters. The molecule has 3 aromatic rings. The highest BCUT2D eigenvalue weighted by atomic mass is 16.4. The molecule has 0 spiro atoms. The van der Waals surface area contributed by atoms with Crippen LogP contribution in [0.3, 0.4) is 0 Å². The van der Waals surface area contributed by atoms with Gasteiger partial charge in [0.2, 0.25) is 5.91 Å². The topological polar surface area (TPSA) is 67.5 Å². The number of para-hydroxylation sites is 2. The fourth-order valence-corrected chi connectivity index (χ4v) is 3.39. The van der Waals surface area contributed by atoms with Crippen LogP contribution in [0, 0.1) is 0 Å². The van der Waals surface area contributed by atoms with Crippen LogP contribution in [0.15, 0.2) is 57.7 Å². The van der Waals surface area contributed by atoms with E-state index in [1.807, 2.05) is 42.5 Å². The van der Waals surface area contributed by atoms with Crippen molar-refractivity contribution in [2.75, 3.05) is 23.3 Å². The van der Waals surface area contributed by atoms with Crippen molar-refractivity contribution in [1.82, 2.24) is 4.57 Å². The minimum Gasteiger partial charge on any atom is -0.408 e. The quantitative estimate of drug-likeness (QED) is 0.766. The van der Waals surface area contributed by atoms with E-state index in [2.05, 4.69) is 10.2 Å². The van der Waals surface area contributed by atoms with E-state index in [0.717, 1.165) is 18.8 Å². The Morgan fingerprint density at radius 1 is 1.04 bits per heavy atom. The number of fused-ring (bicyclic) bond motifs is 1. The van der Waals surface area contributed by atoms with Gasteiger partial charge in [0.05, 0.1) is 5.52 Å². The summed E-state index contributed by atoms with van der Waals surface area (Å²) in [4.78, 5) is 26.5. The lowest BCUT2D eigenvalue weighted by molar-refractivity contribution is -0.116. The highest BCUT2D eigenvalue weighted by Gasteiger charge is 2.13. The van der Waals surface area contributed by atoms with Crippen molar-refractivity contribution in [3.05, 3.63) is 59.1 Å². The molecule has 0 saturated carbocycles. The van der Waals surface area contributed by atoms with E-state index in [0.29, 0.717) is 11.1 Å². The predicted octanol–water partition coefficient (Wildman–Crippen LogP) is 3.22.